The van der Waals surface area contributed by atoms with E-state index in [2.05, 4.69) is 35.3 Å². The number of benzene rings is 4. The maximum absolute atomic E-state index is 13.7. The number of ether oxygens (including phenoxy) is 2. The first-order chi connectivity index (χ1) is 36.5. The molecule has 1 saturated heterocycles. The molecule has 0 bridgehead atoms. The predicted molar refractivity (Wildman–Crippen MR) is 279 cm³/mol. The number of fused-ring (bicyclic) bond motifs is 2. The first-order valence-electron chi connectivity index (χ1n) is 23.2. The minimum atomic E-state index is -5.83. The topological polar surface area (TPSA) is 388 Å². The van der Waals surface area contributed by atoms with E-state index in [0.29, 0.717) is 27.9 Å². The molecule has 0 spiro atoms. The molecule has 3 heterocycles. The Morgan fingerprint density at radius 1 is 0.987 bits per heavy atom. The molecule has 7 rings (SSSR count). The van der Waals surface area contributed by atoms with Gasteiger partial charge in [-0.3, -0.25) is 24.0 Å². The van der Waals surface area contributed by atoms with Gasteiger partial charge in [-0.15, -0.1) is 0 Å². The third-order valence-corrected chi connectivity index (χ3v) is 15.8. The number of nitrogens with two attached hydrogens (primary N) is 1. The molecule has 9 N–H and O–H groups in total. The van der Waals surface area contributed by atoms with Crippen molar-refractivity contribution in [3.63, 3.8) is 0 Å². The Balaban J connectivity index is 1.05. The summed E-state index contributed by atoms with van der Waals surface area (Å²) in [5, 5.41) is 37.7. The lowest BCUT2D eigenvalue weighted by Crippen LogP contribution is -2.29. The monoisotopic (exact) mass is 1140 g/mol. The van der Waals surface area contributed by atoms with E-state index in [1.165, 1.54) is 42.6 Å². The van der Waals surface area contributed by atoms with E-state index >= 15 is 0 Å². The Bertz CT molecular complexity index is 3660. The zero-order chi connectivity index (χ0) is 57.2. The molecule has 0 saturated carbocycles. The number of nitro benzene ring substituents is 1. The van der Waals surface area contributed by atoms with Gasteiger partial charge in [-0.25, -0.2) is 27.9 Å². The van der Waals surface area contributed by atoms with Gasteiger partial charge in [0.05, 0.1) is 54.1 Å². The number of aromatic nitrogens is 2. The number of carboxylic acids is 1. The van der Waals surface area contributed by atoms with Crippen molar-refractivity contribution in [2.45, 2.75) is 51.4 Å². The summed E-state index contributed by atoms with van der Waals surface area (Å²) in [5.74, 6) is 3.66. The molecule has 30 heteroatoms. The van der Waals surface area contributed by atoms with Crippen molar-refractivity contribution < 1.29 is 85.0 Å². The Morgan fingerprint density at radius 3 is 2.37 bits per heavy atom. The molecule has 4 aromatic rings. The largest absolute Gasteiger partial charge is 0.490 e. The van der Waals surface area contributed by atoms with E-state index in [0.717, 1.165) is 15.6 Å². The number of carbonyl (C=O) groups excluding carboxylic acids is 1. The number of nitrogens with one attached hydrogen (secondary N) is 1. The standard InChI is InChI=1S/C48H52N7O20P3/c1-26(2)44(70-24-29-23-54(48(60)51-45(29)49)42-22-38(56)41(73-42)25-71-77(66,67)75-78(68,69)74-76(63,64)65)33-13-9-27(18-37(33)55(61)62)8-7-17-50-46(57)28-10-14-32(47(58)59)36(19-28)43-34-15-11-30(52(3)4)20-39(34)72-40-21-31(53(5)6)12-16-35(40)43/h9-16,18-21,23,26,38,41-42,44,56H,17,22,24-25H2,1-6H3,(H7-,49,50,51,57,58,59,60,63,64,65,66,67,68,69)/p+1/t38-,41+,42+,44-/m0/s1. The molecule has 3 aromatic carbocycles. The molecular weight excluding hydrogens is 1090 g/mol. The fraction of sp³-hybridized carbons (Fsp3) is 0.312. The zero-order valence-electron chi connectivity index (χ0n) is 42.3. The van der Waals surface area contributed by atoms with Gasteiger partial charge in [0.15, 0.2) is 0 Å². The van der Waals surface area contributed by atoms with Crippen LogP contribution in [0.4, 0.5) is 17.2 Å². The lowest BCUT2D eigenvalue weighted by atomic mass is 9.89. The molecule has 1 aromatic heterocycles. The van der Waals surface area contributed by atoms with Crippen LogP contribution in [0.1, 0.15) is 70.0 Å². The van der Waals surface area contributed by atoms with Gasteiger partial charge in [0.25, 0.3) is 11.6 Å². The fourth-order valence-electron chi connectivity index (χ4n) is 8.35. The van der Waals surface area contributed by atoms with Crippen molar-refractivity contribution in [1.29, 1.82) is 0 Å². The second-order valence-electron chi connectivity index (χ2n) is 18.3. The van der Waals surface area contributed by atoms with Crippen molar-refractivity contribution in [3.05, 3.63) is 133 Å². The summed E-state index contributed by atoms with van der Waals surface area (Å²) in [5.41, 5.74) is 8.11. The number of hydrogen-bond donors (Lipinski definition) is 8. The normalized spacial score (nSPS) is 17.5. The van der Waals surface area contributed by atoms with Crippen molar-refractivity contribution in [2.24, 2.45) is 5.92 Å². The predicted octanol–water partition coefficient (Wildman–Crippen LogP) is 4.73. The summed E-state index contributed by atoms with van der Waals surface area (Å²) in [4.78, 5) is 93.7. The number of aliphatic hydroxyl groups is 1. The van der Waals surface area contributed by atoms with E-state index in [-0.39, 0.29) is 64.5 Å². The summed E-state index contributed by atoms with van der Waals surface area (Å²) < 4.78 is 67.8. The number of rotatable bonds is 19. The smallest absolute Gasteiger partial charge is 0.478 e. The highest BCUT2D eigenvalue weighted by Crippen LogP contribution is 2.66. The number of nitrogens with zero attached hydrogens (tertiary/aromatic N) is 5. The second kappa shape index (κ2) is 23.5. The number of amides is 1. The van der Waals surface area contributed by atoms with Crippen LogP contribution >= 0.6 is 23.5 Å². The number of carbonyl (C=O) groups is 2. The highest BCUT2D eigenvalue weighted by atomic mass is 31.3. The molecule has 3 aliphatic rings. The molecule has 414 valence electrons. The van der Waals surface area contributed by atoms with E-state index in [9.17, 15) is 58.2 Å². The zero-order valence-corrected chi connectivity index (χ0v) is 45.0. The average molecular weight is 1140 g/mol. The Labute approximate surface area is 443 Å². The lowest BCUT2D eigenvalue weighted by molar-refractivity contribution is -0.386. The van der Waals surface area contributed by atoms with Gasteiger partial charge in [0.2, 0.25) is 5.36 Å². The molecule has 2 aliphatic heterocycles. The molecule has 2 unspecified atom stereocenters. The molecule has 1 amide bonds. The van der Waals surface area contributed by atoms with Crippen LogP contribution in [-0.2, 0) is 42.9 Å². The van der Waals surface area contributed by atoms with E-state index in [4.69, 9.17) is 29.4 Å². The van der Waals surface area contributed by atoms with E-state index in [1.54, 1.807) is 13.8 Å². The van der Waals surface area contributed by atoms with Gasteiger partial charge in [-0.1, -0.05) is 25.7 Å². The molecular formula is C48H53N7O20P3+. The van der Waals surface area contributed by atoms with Gasteiger partial charge in [-0.05, 0) is 60.0 Å². The Hall–Kier alpha value is -6.98. The number of nitro groups is 1. The Morgan fingerprint density at radius 2 is 1.72 bits per heavy atom. The summed E-state index contributed by atoms with van der Waals surface area (Å²) in [6, 6.07) is 19.6. The number of phosphoric ester groups is 1. The van der Waals surface area contributed by atoms with Crippen LogP contribution in [0.5, 0.6) is 0 Å². The van der Waals surface area contributed by atoms with Crippen LogP contribution < -0.4 is 31.6 Å². The Kier molecular flexibility index (Phi) is 17.7. The SMILES string of the molecule is CC(C)[C@H](OCc1cn([C@H]2C[C@H](O)[C@@H](COP(=O)(O)OP(=O)(O)OP(=O)(O)O)O2)c(=O)nc1N)c1ccc(C#CCNC(=O)c2ccc(C(=O)O)c(-c3c4ccc(=[N+](C)C)cc-4oc4cc(N(C)C)ccc34)c2)cc1[N+](=O)[O-]. The van der Waals surface area contributed by atoms with Gasteiger partial charge < -0.3 is 59.6 Å². The second-order valence-corrected chi connectivity index (χ2v) is 22.8. The van der Waals surface area contributed by atoms with Crippen molar-refractivity contribution in [2.75, 3.05) is 52.0 Å². The third kappa shape index (κ3) is 14.0. The maximum atomic E-state index is 13.7. The number of phosphoric acid groups is 3. The van der Waals surface area contributed by atoms with Gasteiger partial charge in [-0.2, -0.15) is 13.6 Å². The van der Waals surface area contributed by atoms with Crippen LogP contribution in [-0.4, -0.2) is 110 Å². The fourth-order valence-corrected chi connectivity index (χ4v) is 11.4. The number of nitrogen functional groups attached to an aromatic ring is 1. The summed E-state index contributed by atoms with van der Waals surface area (Å²) in [7, 11) is -9.52. The number of aliphatic hydroxyl groups excluding tert-OH is 1. The quantitative estimate of drug-likeness (QED) is 0.0136. The molecule has 27 nitrogen and oxygen atoms in total. The van der Waals surface area contributed by atoms with Crippen molar-refractivity contribution in [3.8, 4) is 34.3 Å². The van der Waals surface area contributed by atoms with Crippen molar-refractivity contribution in [1.82, 2.24) is 19.4 Å². The highest BCUT2D eigenvalue weighted by Gasteiger charge is 2.43. The van der Waals surface area contributed by atoms with E-state index < -0.39 is 83.0 Å². The van der Waals surface area contributed by atoms with Crippen LogP contribution in [0, 0.1) is 27.9 Å². The summed E-state index contributed by atoms with van der Waals surface area (Å²) >= 11 is 0. The van der Waals surface area contributed by atoms with Gasteiger partial charge in [0.1, 0.15) is 43.6 Å². The molecule has 6 atom stereocenters. The van der Waals surface area contributed by atoms with Crippen LogP contribution in [0.15, 0.2) is 88.2 Å². The minimum Gasteiger partial charge on any atom is -0.478 e. The number of carboxylic acid groups (broad SMARTS) is 1. The highest BCUT2D eigenvalue weighted by molar-refractivity contribution is 7.66. The van der Waals surface area contributed by atoms with Crippen LogP contribution in [0.2, 0.25) is 0 Å². The van der Waals surface area contributed by atoms with Crippen LogP contribution in [0.25, 0.3) is 33.4 Å². The van der Waals surface area contributed by atoms with Gasteiger partial charge in [0, 0.05) is 83.8 Å². The van der Waals surface area contributed by atoms with Gasteiger partial charge >= 0.3 is 35.1 Å². The minimum absolute atomic E-state index is 0.0491. The molecule has 0 radical (unpaired) electrons. The average Bonchev–Trinajstić information content (AvgIpc) is 3.82. The molecule has 1 aliphatic carbocycles. The first kappa shape index (κ1) is 58.7. The number of anilines is 2. The maximum Gasteiger partial charge on any atom is 0.490 e. The molecule has 78 heavy (non-hydrogen) atoms. The number of aromatic carboxylic acids is 1. The number of hydrogen-bond acceptors (Lipinski definition) is 18. The molecule has 1 fully saturated rings. The van der Waals surface area contributed by atoms with E-state index in [1.807, 2.05) is 74.1 Å². The van der Waals surface area contributed by atoms with Crippen molar-refractivity contribution >= 4 is 63.5 Å². The third-order valence-electron chi connectivity index (χ3n) is 12.0. The summed E-state index contributed by atoms with van der Waals surface area (Å²) in [6.07, 6.45) is -4.36. The summed E-state index contributed by atoms with van der Waals surface area (Å²) in [6.45, 7) is 1.91. The van der Waals surface area contributed by atoms with Crippen LogP contribution in [0.3, 0.4) is 0 Å². The first-order valence-corrected chi connectivity index (χ1v) is 27.8. The lowest BCUT2D eigenvalue weighted by Gasteiger charge is -2.23.